The third-order valence-electron chi connectivity index (χ3n) is 11.1. The smallest absolute Gasteiger partial charge is 0.352 e. The summed E-state index contributed by atoms with van der Waals surface area (Å²) in [5, 5.41) is 34.1. The Balaban J connectivity index is 2.32. The number of halogens is 2. The van der Waals surface area contributed by atoms with Crippen molar-refractivity contribution in [2.24, 2.45) is 50.1 Å². The number of guanidine groups is 1. The number of aromatic nitrogens is 2. The van der Waals surface area contributed by atoms with Crippen LogP contribution in [0.5, 0.6) is 0 Å². The van der Waals surface area contributed by atoms with Crippen LogP contribution < -0.4 is 72.0 Å². The number of rotatable bonds is 33. The average Bonchev–Trinajstić information content (AvgIpc) is 3.99. The Hall–Kier alpha value is -7.06. The number of carbonyl (C=O) groups excluding carboxylic acids is 8. The van der Waals surface area contributed by atoms with E-state index in [0.29, 0.717) is 30.7 Å². The van der Waals surface area contributed by atoms with E-state index >= 15 is 8.78 Å². The average molecular weight is 1060 g/mol. The van der Waals surface area contributed by atoms with Crippen molar-refractivity contribution in [1.29, 1.82) is 0 Å². The Morgan fingerprint density at radius 1 is 0.878 bits per heavy atom. The molecule has 1 aliphatic rings. The maximum Gasteiger partial charge on any atom is 0.352 e. The number of unbranched alkanes of at least 4 members (excludes halogenated alkanes) is 2. The van der Waals surface area contributed by atoms with E-state index in [-0.39, 0.29) is 76.2 Å². The summed E-state index contributed by atoms with van der Waals surface area (Å²) >= 11 is 0. The molecule has 0 bridgehead atoms. The van der Waals surface area contributed by atoms with Gasteiger partial charge in [-0.15, -0.1) is 0 Å². The second kappa shape index (κ2) is 32.2. The monoisotopic (exact) mass is 1050 g/mol. The Morgan fingerprint density at radius 2 is 1.54 bits per heavy atom. The predicted molar refractivity (Wildman–Crippen MR) is 262 cm³/mol. The van der Waals surface area contributed by atoms with Crippen LogP contribution in [0.1, 0.15) is 76.8 Å². The number of hydrogen-bond donors (Lipinski definition) is 16. The maximum atomic E-state index is 15.3. The molecule has 0 saturated carbocycles. The van der Waals surface area contributed by atoms with Gasteiger partial charge < -0.3 is 92.1 Å². The number of nitrogens with zero attached hydrogens (tertiary/aromatic N) is 4. The Morgan fingerprint density at radius 3 is 2.14 bits per heavy atom. The lowest BCUT2D eigenvalue weighted by atomic mass is 10.1. The minimum atomic E-state index is -3.67. The fourth-order valence-electron chi connectivity index (χ4n) is 7.10. The third kappa shape index (κ3) is 22.0. The maximum absolute atomic E-state index is 15.3. The molecule has 0 aliphatic carbocycles. The Kier molecular flexibility index (Phi) is 27.4. The van der Waals surface area contributed by atoms with Gasteiger partial charge >= 0.3 is 5.97 Å². The van der Waals surface area contributed by atoms with Gasteiger partial charge in [0, 0.05) is 37.8 Å². The zero-order chi connectivity index (χ0) is 55.5. The molecule has 29 nitrogen and oxygen atoms in total. The van der Waals surface area contributed by atoms with Crippen molar-refractivity contribution in [1.82, 2.24) is 46.8 Å². The van der Waals surface area contributed by atoms with E-state index in [1.165, 1.54) is 19.4 Å². The summed E-state index contributed by atoms with van der Waals surface area (Å²) in [6.07, 6.45) is 2.13. The zero-order valence-electron chi connectivity index (χ0n) is 41.2. The minimum Gasteiger partial charge on any atom is -0.477 e. The third-order valence-corrected chi connectivity index (χ3v) is 11.1. The molecule has 0 spiro atoms. The van der Waals surface area contributed by atoms with Crippen molar-refractivity contribution < 1.29 is 62.1 Å². The van der Waals surface area contributed by atoms with Gasteiger partial charge in [0.25, 0.3) is 17.7 Å². The standard InChI is InChI=1S/C43H72F2N18O11/c1-23(57-39(71)33(31(64)18-49)62-35(67)25(50)8-2-4-12-46)34(66)55-20-32(65)58-27(10-6-14-48)40(72)63-21-43(44,45)17-30(63)38(70)61-29(16-24-19-53-22-56-24)37(69)59-26(9-3-5-13-47)36(68)60-28(41(73)74)11-7-15-54-42(51)52/h11,19,22-23,25-26,29-31,33,64H,2-10,12-18,20-21,46-50H2,1H3,(H,53,56)(H,55,66)(H,57,71)(H,59,69)(H,60,68)(H,61,70)(H,62,67)(H,73,74)(H4,51,52,54)/b28-11-,58-27?/t23-,25-,26-,29-,30-,31-,33-/m0/s1. The second-order valence-corrected chi connectivity index (χ2v) is 17.2. The highest BCUT2D eigenvalue weighted by atomic mass is 19.3. The largest absolute Gasteiger partial charge is 0.477 e. The number of aliphatic carboxylic acids is 1. The van der Waals surface area contributed by atoms with Gasteiger partial charge in [0.15, 0.2) is 5.96 Å². The summed E-state index contributed by atoms with van der Waals surface area (Å²) in [5.41, 5.74) is 37.9. The Labute approximate surface area is 424 Å². The molecule has 31 heteroatoms. The fraction of sp³-hybridized carbons (Fsp3) is 0.628. The van der Waals surface area contributed by atoms with Crippen molar-refractivity contribution in [3.63, 3.8) is 0 Å². The molecular weight excluding hydrogens is 983 g/mol. The van der Waals surface area contributed by atoms with Gasteiger partial charge in [-0.05, 0) is 77.9 Å². The van der Waals surface area contributed by atoms with Crippen molar-refractivity contribution in [2.75, 3.05) is 45.8 Å². The van der Waals surface area contributed by atoms with E-state index < -0.39 is 139 Å². The number of aliphatic imine (C=N–C) groups is 2. The number of imidazole rings is 1. The first-order valence-corrected chi connectivity index (χ1v) is 23.8. The molecule has 1 aromatic rings. The first-order chi connectivity index (χ1) is 35.0. The van der Waals surface area contributed by atoms with E-state index in [2.05, 4.69) is 51.9 Å². The summed E-state index contributed by atoms with van der Waals surface area (Å²) in [6.45, 7) is -0.952. The number of carboxylic acids is 1. The number of aliphatic hydroxyl groups excluding tert-OH is 1. The van der Waals surface area contributed by atoms with Gasteiger partial charge in [0.1, 0.15) is 41.6 Å². The van der Waals surface area contributed by atoms with E-state index in [1.807, 2.05) is 0 Å². The molecule has 23 N–H and O–H groups in total. The number of aliphatic hydroxyl groups is 1. The van der Waals surface area contributed by atoms with Gasteiger partial charge in [0.05, 0.1) is 31.6 Å². The van der Waals surface area contributed by atoms with E-state index in [9.17, 15) is 53.4 Å². The molecule has 74 heavy (non-hydrogen) atoms. The van der Waals surface area contributed by atoms with Crippen LogP contribution in [-0.4, -0.2) is 184 Å². The number of nitrogens with two attached hydrogens (primary N) is 7. The number of H-pyrrole nitrogens is 1. The molecule has 2 rings (SSSR count). The lowest BCUT2D eigenvalue weighted by molar-refractivity contribution is -0.137. The summed E-state index contributed by atoms with van der Waals surface area (Å²) in [5.74, 6) is -13.8. The zero-order valence-corrected chi connectivity index (χ0v) is 41.2. The molecule has 8 amide bonds. The lowest BCUT2D eigenvalue weighted by Gasteiger charge is -2.27. The van der Waals surface area contributed by atoms with Crippen LogP contribution in [0.25, 0.3) is 0 Å². The van der Waals surface area contributed by atoms with E-state index in [0.717, 1.165) is 6.08 Å². The molecule has 1 saturated heterocycles. The molecule has 1 aromatic heterocycles. The number of amides is 8. The van der Waals surface area contributed by atoms with Crippen LogP contribution in [0.4, 0.5) is 8.78 Å². The number of carbonyl (C=O) groups is 9. The highest BCUT2D eigenvalue weighted by Crippen LogP contribution is 2.33. The van der Waals surface area contributed by atoms with Gasteiger partial charge in [-0.25, -0.2) is 23.6 Å². The lowest BCUT2D eigenvalue weighted by Crippen LogP contribution is -2.60. The van der Waals surface area contributed by atoms with E-state index in [1.54, 1.807) is 0 Å². The van der Waals surface area contributed by atoms with Crippen LogP contribution in [0.15, 0.2) is 34.3 Å². The molecule has 1 fully saturated rings. The first kappa shape index (κ1) is 63.1. The minimum absolute atomic E-state index is 0.00171. The number of alkyl halides is 2. The molecule has 7 atom stereocenters. The summed E-state index contributed by atoms with van der Waals surface area (Å²) in [6, 6.07) is -9.08. The summed E-state index contributed by atoms with van der Waals surface area (Å²) < 4.78 is 30.5. The van der Waals surface area contributed by atoms with E-state index in [4.69, 9.17) is 40.1 Å². The van der Waals surface area contributed by atoms with Gasteiger partial charge in [-0.1, -0.05) is 12.5 Å². The number of hydrogen-bond acceptors (Lipinski definition) is 17. The van der Waals surface area contributed by atoms with Crippen molar-refractivity contribution in [3.05, 3.63) is 30.0 Å². The quantitative estimate of drug-likeness (QED) is 0.0135. The number of likely N-dealkylation sites (tertiary alicyclic amines) is 1. The Bertz CT molecular complexity index is 2160. The van der Waals surface area contributed by atoms with Crippen molar-refractivity contribution in [2.45, 2.75) is 126 Å². The highest BCUT2D eigenvalue weighted by molar-refractivity contribution is 6.40. The molecular formula is C43H72F2N18O11. The molecule has 0 unspecified atom stereocenters. The SMILES string of the molecule is C[C@H](NC(=O)[C@@H](NC(=O)[C@@H](N)CCCCN)[C@@H](O)CN)C(=O)NCC(=O)N=C(CCCN)C(=O)N1CC(F)(F)C[C@H]1C(=O)N[C@@H](Cc1cnc[nH]1)C(=O)N[C@@H](CCCCN)C(=O)N/C(=C\CCN=C(N)N)C(=O)O. The van der Waals surface area contributed by atoms with Gasteiger partial charge in [-0.2, -0.15) is 0 Å². The molecule has 0 aromatic carbocycles. The molecule has 414 valence electrons. The molecule has 2 heterocycles. The summed E-state index contributed by atoms with van der Waals surface area (Å²) in [7, 11) is 0. The van der Waals surface area contributed by atoms with Crippen LogP contribution in [-0.2, 0) is 49.6 Å². The fourth-order valence-corrected chi connectivity index (χ4v) is 7.10. The number of carboxylic acid groups (broad SMARTS) is 1. The van der Waals surface area contributed by atoms with Crippen molar-refractivity contribution >= 4 is 64.9 Å². The van der Waals surface area contributed by atoms with Crippen molar-refractivity contribution in [3.8, 4) is 0 Å². The second-order valence-electron chi connectivity index (χ2n) is 17.2. The number of nitrogens with one attached hydrogen (secondary N) is 7. The topological polar surface area (TPSA) is 505 Å². The van der Waals surface area contributed by atoms with Crippen LogP contribution in [0.3, 0.4) is 0 Å². The van der Waals surface area contributed by atoms with Crippen LogP contribution >= 0.6 is 0 Å². The van der Waals surface area contributed by atoms with Gasteiger partial charge in [0.2, 0.25) is 35.4 Å². The number of aromatic amines is 1. The predicted octanol–water partition coefficient (Wildman–Crippen LogP) is -6.38. The van der Waals surface area contributed by atoms with Crippen LogP contribution in [0.2, 0.25) is 0 Å². The molecule has 1 aliphatic heterocycles. The first-order valence-electron chi connectivity index (χ1n) is 23.8. The highest BCUT2D eigenvalue weighted by Gasteiger charge is 2.51. The molecule has 0 radical (unpaired) electrons. The van der Waals surface area contributed by atoms with Gasteiger partial charge in [-0.3, -0.25) is 43.3 Å². The van der Waals surface area contributed by atoms with Crippen LogP contribution in [0, 0.1) is 0 Å². The summed E-state index contributed by atoms with van der Waals surface area (Å²) in [4.78, 5) is 134. The normalized spacial score (nSPS) is 16.8.